The Hall–Kier alpha value is -1.54. The first-order chi connectivity index (χ1) is 9.31. The molecule has 2 nitrogen and oxygen atoms in total. The average Bonchev–Trinajstić information content (AvgIpc) is 2.86. The van der Waals surface area contributed by atoms with Crippen molar-refractivity contribution in [2.24, 2.45) is 5.92 Å². The van der Waals surface area contributed by atoms with E-state index in [1.54, 1.807) is 0 Å². The molecule has 1 aliphatic rings. The number of likely N-dealkylation sites (N-methyl/N-ethyl adjacent to an activating group) is 1. The predicted octanol–water partition coefficient (Wildman–Crippen LogP) is 3.27. The van der Waals surface area contributed by atoms with E-state index in [0.717, 1.165) is 19.6 Å². The first-order valence-electron chi connectivity index (χ1n) is 7.26. The molecule has 2 unspecified atom stereocenters. The van der Waals surface area contributed by atoms with Crippen molar-refractivity contribution in [3.8, 4) is 0 Å². The second kappa shape index (κ2) is 5.22. The number of hydrogen-bond acceptors (Lipinski definition) is 2. The van der Waals surface area contributed by atoms with Crippen molar-refractivity contribution in [3.05, 3.63) is 42.5 Å². The number of anilines is 1. The summed E-state index contributed by atoms with van der Waals surface area (Å²) in [5, 5.41) is 6.21. The highest BCUT2D eigenvalue weighted by Crippen LogP contribution is 2.30. The van der Waals surface area contributed by atoms with Crippen LogP contribution in [0.3, 0.4) is 0 Å². The lowest BCUT2D eigenvalue weighted by Gasteiger charge is -2.33. The zero-order valence-corrected chi connectivity index (χ0v) is 11.8. The molecule has 1 saturated heterocycles. The van der Waals surface area contributed by atoms with Crippen molar-refractivity contribution < 1.29 is 0 Å². The Kier molecular flexibility index (Phi) is 3.43. The van der Waals surface area contributed by atoms with Gasteiger partial charge in [0.2, 0.25) is 0 Å². The molecule has 1 fully saturated rings. The molecule has 100 valence electrons. The SMILES string of the molecule is CCN(c1cccc2ccccc12)C1CNCC1C. The molecule has 0 aromatic heterocycles. The van der Waals surface area contributed by atoms with Crippen LogP contribution in [0.2, 0.25) is 0 Å². The van der Waals surface area contributed by atoms with Gasteiger partial charge in [0.1, 0.15) is 0 Å². The smallest absolute Gasteiger partial charge is 0.0452 e. The molecule has 19 heavy (non-hydrogen) atoms. The summed E-state index contributed by atoms with van der Waals surface area (Å²) < 4.78 is 0. The molecule has 0 amide bonds. The van der Waals surface area contributed by atoms with Crippen molar-refractivity contribution in [3.63, 3.8) is 0 Å². The largest absolute Gasteiger partial charge is 0.367 e. The van der Waals surface area contributed by atoms with E-state index in [1.165, 1.54) is 16.5 Å². The molecule has 2 heteroatoms. The first-order valence-corrected chi connectivity index (χ1v) is 7.26. The maximum absolute atomic E-state index is 3.51. The number of nitrogens with one attached hydrogen (secondary N) is 1. The highest BCUT2D eigenvalue weighted by molar-refractivity contribution is 5.94. The molecular weight excluding hydrogens is 232 g/mol. The summed E-state index contributed by atoms with van der Waals surface area (Å²) in [5.74, 6) is 0.707. The van der Waals surface area contributed by atoms with Crippen LogP contribution in [0, 0.1) is 5.92 Å². The van der Waals surface area contributed by atoms with Crippen LogP contribution >= 0.6 is 0 Å². The number of nitrogens with zero attached hydrogens (tertiary/aromatic N) is 1. The van der Waals surface area contributed by atoms with Gasteiger partial charge in [0, 0.05) is 30.2 Å². The Morgan fingerprint density at radius 1 is 1.11 bits per heavy atom. The topological polar surface area (TPSA) is 15.3 Å². The van der Waals surface area contributed by atoms with E-state index in [9.17, 15) is 0 Å². The van der Waals surface area contributed by atoms with Crippen LogP contribution < -0.4 is 10.2 Å². The summed E-state index contributed by atoms with van der Waals surface area (Å²) >= 11 is 0. The van der Waals surface area contributed by atoms with Crippen molar-refractivity contribution in [2.75, 3.05) is 24.5 Å². The summed E-state index contributed by atoms with van der Waals surface area (Å²) in [5.41, 5.74) is 1.38. The van der Waals surface area contributed by atoms with E-state index >= 15 is 0 Å². The highest BCUT2D eigenvalue weighted by atomic mass is 15.2. The Bertz CT molecular complexity index is 559. The summed E-state index contributed by atoms with van der Waals surface area (Å²) in [6.07, 6.45) is 0. The third kappa shape index (κ3) is 2.21. The third-order valence-electron chi connectivity index (χ3n) is 4.29. The number of hydrogen-bond donors (Lipinski definition) is 1. The zero-order chi connectivity index (χ0) is 13.2. The van der Waals surface area contributed by atoms with Crippen LogP contribution in [0.4, 0.5) is 5.69 Å². The summed E-state index contributed by atoms with van der Waals surface area (Å²) in [6.45, 7) is 7.89. The molecule has 1 heterocycles. The van der Waals surface area contributed by atoms with E-state index in [2.05, 4.69) is 66.5 Å². The van der Waals surface area contributed by atoms with Gasteiger partial charge >= 0.3 is 0 Å². The second-order valence-electron chi connectivity index (χ2n) is 5.49. The molecule has 0 saturated carbocycles. The number of fused-ring (bicyclic) bond motifs is 1. The molecule has 0 aliphatic carbocycles. The molecule has 1 N–H and O–H groups in total. The minimum absolute atomic E-state index is 0.607. The van der Waals surface area contributed by atoms with Crippen LogP contribution in [-0.2, 0) is 0 Å². The van der Waals surface area contributed by atoms with Gasteiger partial charge in [-0.05, 0) is 30.8 Å². The summed E-state index contributed by atoms with van der Waals surface area (Å²) in [7, 11) is 0. The quantitative estimate of drug-likeness (QED) is 0.904. The van der Waals surface area contributed by atoms with Gasteiger partial charge in [0.05, 0.1) is 0 Å². The van der Waals surface area contributed by atoms with Crippen molar-refractivity contribution >= 4 is 16.5 Å². The van der Waals surface area contributed by atoms with E-state index in [-0.39, 0.29) is 0 Å². The average molecular weight is 254 g/mol. The van der Waals surface area contributed by atoms with E-state index in [0.29, 0.717) is 12.0 Å². The maximum atomic E-state index is 3.51. The first kappa shape index (κ1) is 12.5. The highest BCUT2D eigenvalue weighted by Gasteiger charge is 2.28. The fourth-order valence-corrected chi connectivity index (χ4v) is 3.26. The lowest BCUT2D eigenvalue weighted by Crippen LogP contribution is -2.40. The van der Waals surface area contributed by atoms with Crippen molar-refractivity contribution in [1.82, 2.24) is 5.32 Å². The molecular formula is C17H22N2. The normalized spacial score (nSPS) is 22.8. The van der Waals surface area contributed by atoms with Gasteiger partial charge < -0.3 is 10.2 Å². The van der Waals surface area contributed by atoms with Crippen LogP contribution in [0.15, 0.2) is 42.5 Å². The molecule has 2 aromatic rings. The molecule has 0 spiro atoms. The van der Waals surface area contributed by atoms with Gasteiger partial charge in [-0.25, -0.2) is 0 Å². The Morgan fingerprint density at radius 3 is 2.63 bits per heavy atom. The molecule has 3 rings (SSSR count). The van der Waals surface area contributed by atoms with Gasteiger partial charge in [-0.3, -0.25) is 0 Å². The van der Waals surface area contributed by atoms with Crippen LogP contribution in [-0.4, -0.2) is 25.7 Å². The fourth-order valence-electron chi connectivity index (χ4n) is 3.26. The van der Waals surface area contributed by atoms with Crippen molar-refractivity contribution in [2.45, 2.75) is 19.9 Å². The monoisotopic (exact) mass is 254 g/mol. The fraction of sp³-hybridized carbons (Fsp3) is 0.412. The minimum Gasteiger partial charge on any atom is -0.367 e. The predicted molar refractivity (Wildman–Crippen MR) is 82.8 cm³/mol. The summed E-state index contributed by atoms with van der Waals surface area (Å²) in [6, 6.07) is 15.9. The minimum atomic E-state index is 0.607. The zero-order valence-electron chi connectivity index (χ0n) is 11.8. The Morgan fingerprint density at radius 2 is 1.89 bits per heavy atom. The van der Waals surface area contributed by atoms with E-state index in [1.807, 2.05) is 0 Å². The Balaban J connectivity index is 2.06. The van der Waals surface area contributed by atoms with Gasteiger partial charge in [-0.15, -0.1) is 0 Å². The Labute approximate surface area is 115 Å². The van der Waals surface area contributed by atoms with Gasteiger partial charge in [-0.2, -0.15) is 0 Å². The number of rotatable bonds is 3. The van der Waals surface area contributed by atoms with Gasteiger partial charge in [0.25, 0.3) is 0 Å². The standard InChI is InChI=1S/C17H22N2/c1-3-19(17-12-18-11-13(17)2)16-10-6-8-14-7-4-5-9-15(14)16/h4-10,13,17-18H,3,11-12H2,1-2H3. The molecule has 0 bridgehead atoms. The van der Waals surface area contributed by atoms with E-state index in [4.69, 9.17) is 0 Å². The van der Waals surface area contributed by atoms with Crippen LogP contribution in [0.25, 0.3) is 10.8 Å². The molecule has 2 aromatic carbocycles. The van der Waals surface area contributed by atoms with Crippen LogP contribution in [0.5, 0.6) is 0 Å². The van der Waals surface area contributed by atoms with E-state index < -0.39 is 0 Å². The van der Waals surface area contributed by atoms with Crippen LogP contribution in [0.1, 0.15) is 13.8 Å². The van der Waals surface area contributed by atoms with Crippen molar-refractivity contribution in [1.29, 1.82) is 0 Å². The lowest BCUT2D eigenvalue weighted by atomic mass is 10.0. The van der Waals surface area contributed by atoms with Gasteiger partial charge in [0.15, 0.2) is 0 Å². The van der Waals surface area contributed by atoms with Gasteiger partial charge in [-0.1, -0.05) is 43.3 Å². The number of benzene rings is 2. The molecule has 0 radical (unpaired) electrons. The second-order valence-corrected chi connectivity index (χ2v) is 5.49. The molecule has 1 aliphatic heterocycles. The third-order valence-corrected chi connectivity index (χ3v) is 4.29. The lowest BCUT2D eigenvalue weighted by molar-refractivity contribution is 0.523. The maximum Gasteiger partial charge on any atom is 0.0452 e. The molecule has 2 atom stereocenters. The summed E-state index contributed by atoms with van der Waals surface area (Å²) in [4.78, 5) is 2.56.